The van der Waals surface area contributed by atoms with Crippen LogP contribution in [0, 0.1) is 0 Å². The van der Waals surface area contributed by atoms with Crippen molar-refractivity contribution in [1.29, 1.82) is 0 Å². The second-order valence-corrected chi connectivity index (χ2v) is 8.71. The maximum Gasteiger partial charge on any atom is 0.316 e. The van der Waals surface area contributed by atoms with Gasteiger partial charge in [-0.15, -0.1) is 0 Å². The molecular weight excluding hydrogens is 408 g/mol. The van der Waals surface area contributed by atoms with Gasteiger partial charge in [0, 0.05) is 39.0 Å². The number of piperazine rings is 1. The molecule has 166 valence electrons. The first kappa shape index (κ1) is 21.3. The van der Waals surface area contributed by atoms with E-state index in [-0.39, 0.29) is 17.1 Å². The summed E-state index contributed by atoms with van der Waals surface area (Å²) >= 11 is 6.50. The van der Waals surface area contributed by atoms with E-state index in [4.69, 9.17) is 11.6 Å². The van der Waals surface area contributed by atoms with E-state index in [1.165, 1.54) is 12.8 Å². The molecule has 3 unspecified atom stereocenters. The van der Waals surface area contributed by atoms with E-state index in [0.717, 1.165) is 39.1 Å². The van der Waals surface area contributed by atoms with E-state index in [1.807, 2.05) is 0 Å². The number of aliphatic imine (C=N–C) groups is 2. The van der Waals surface area contributed by atoms with E-state index >= 15 is 0 Å². The molecule has 30 heavy (non-hydrogen) atoms. The molecule has 0 aromatic rings. The molecule has 4 heterocycles. The molecule has 3 fully saturated rings. The fourth-order valence-corrected chi connectivity index (χ4v) is 5.21. The highest BCUT2D eigenvalue weighted by Crippen LogP contribution is 2.16. The molecule has 0 spiro atoms. The lowest BCUT2D eigenvalue weighted by molar-refractivity contribution is -0.954. The van der Waals surface area contributed by atoms with E-state index < -0.39 is 12.2 Å². The van der Waals surface area contributed by atoms with Crippen LogP contribution in [0.25, 0.3) is 0 Å². The molecule has 0 aliphatic carbocycles. The molecule has 4 aliphatic heterocycles. The molecule has 10 nitrogen and oxygen atoms in total. The largest absolute Gasteiger partial charge is 0.352 e. The number of urea groups is 1. The fraction of sp³-hybridized carbons (Fsp3) is 0.789. The number of piperidine rings is 1. The maximum atomic E-state index is 12.5. The minimum absolute atomic E-state index is 0.244. The number of carbonyl (C=O) groups is 2. The topological polar surface area (TPSA) is 115 Å². The molecule has 4 atom stereocenters. The number of amides is 3. The Hall–Kier alpha value is -1.91. The highest BCUT2D eigenvalue weighted by Gasteiger charge is 2.40. The number of quaternary nitrogens is 1. The van der Waals surface area contributed by atoms with Crippen molar-refractivity contribution in [2.24, 2.45) is 9.98 Å². The van der Waals surface area contributed by atoms with Gasteiger partial charge in [0.05, 0.1) is 25.7 Å². The molecule has 5 N–H and O–H groups in total. The number of hydrogen-bond donors (Lipinski definition) is 5. The first-order valence-electron chi connectivity index (χ1n) is 11.0. The van der Waals surface area contributed by atoms with Gasteiger partial charge < -0.3 is 31.1 Å². The standard InChI is InChI=1S/C19H31ClN8O2/c1-2-12-11-27(9-10-28(12)13-3-5-21-6-4-13)17-15(20)24-14-16(25-17)26-19(30)23-8-7-22-18(14)29/h12-14,16,21H,2-11H2,1H3,(H,22,29)(H2,23,26,30)/p+1/t12-,14?,16?/m0/s1. The van der Waals surface area contributed by atoms with Crippen molar-refractivity contribution in [2.75, 3.05) is 45.8 Å². The summed E-state index contributed by atoms with van der Waals surface area (Å²) in [6.45, 7) is 7.82. The summed E-state index contributed by atoms with van der Waals surface area (Å²) in [5.41, 5.74) is 0. The smallest absolute Gasteiger partial charge is 0.316 e. The number of carbonyl (C=O) groups excluding carboxylic acids is 2. The highest BCUT2D eigenvalue weighted by atomic mass is 35.5. The van der Waals surface area contributed by atoms with Gasteiger partial charge in [0.1, 0.15) is 6.04 Å². The number of hydrogen-bond acceptors (Lipinski definition) is 6. The summed E-state index contributed by atoms with van der Waals surface area (Å²) in [5, 5.41) is 11.9. The zero-order valence-corrected chi connectivity index (χ0v) is 18.2. The average Bonchev–Trinajstić information content (AvgIpc) is 2.83. The van der Waals surface area contributed by atoms with Crippen molar-refractivity contribution in [2.45, 2.75) is 50.5 Å². The first-order valence-corrected chi connectivity index (χ1v) is 11.4. The van der Waals surface area contributed by atoms with Gasteiger partial charge in [0.2, 0.25) is 5.91 Å². The summed E-state index contributed by atoms with van der Waals surface area (Å²) < 4.78 is 0. The van der Waals surface area contributed by atoms with Crippen LogP contribution in [0.1, 0.15) is 26.2 Å². The number of rotatable bonds is 2. The summed E-state index contributed by atoms with van der Waals surface area (Å²) in [4.78, 5) is 37.5. The number of nitrogens with one attached hydrogen (secondary N) is 5. The fourth-order valence-electron chi connectivity index (χ4n) is 4.94. The van der Waals surface area contributed by atoms with Crippen LogP contribution in [0.5, 0.6) is 0 Å². The number of amidine groups is 1. The lowest BCUT2D eigenvalue weighted by Crippen LogP contribution is -3.22. The second-order valence-electron chi connectivity index (χ2n) is 8.35. The third-order valence-electron chi connectivity index (χ3n) is 6.55. The van der Waals surface area contributed by atoms with Crippen LogP contribution in [-0.2, 0) is 4.79 Å². The lowest BCUT2D eigenvalue weighted by atomic mass is 9.99. The van der Waals surface area contributed by atoms with Crippen LogP contribution in [0.2, 0.25) is 0 Å². The molecule has 0 radical (unpaired) electrons. The Morgan fingerprint density at radius 3 is 2.67 bits per heavy atom. The van der Waals surface area contributed by atoms with Crippen molar-refractivity contribution in [3.63, 3.8) is 0 Å². The summed E-state index contributed by atoms with van der Waals surface area (Å²) in [6.07, 6.45) is 2.74. The predicted molar refractivity (Wildman–Crippen MR) is 115 cm³/mol. The molecule has 0 saturated carbocycles. The first-order chi connectivity index (χ1) is 14.6. The van der Waals surface area contributed by atoms with E-state index in [9.17, 15) is 9.59 Å². The normalized spacial score (nSPS) is 33.6. The quantitative estimate of drug-likeness (QED) is 0.339. The van der Waals surface area contributed by atoms with Gasteiger partial charge in [0.15, 0.2) is 23.2 Å². The van der Waals surface area contributed by atoms with Crippen LogP contribution in [0.3, 0.4) is 0 Å². The van der Waals surface area contributed by atoms with Crippen LogP contribution in [0.15, 0.2) is 9.98 Å². The Morgan fingerprint density at radius 2 is 1.90 bits per heavy atom. The molecule has 3 amide bonds. The van der Waals surface area contributed by atoms with Crippen molar-refractivity contribution in [3.05, 3.63) is 0 Å². The monoisotopic (exact) mass is 439 g/mol. The van der Waals surface area contributed by atoms with Crippen molar-refractivity contribution in [1.82, 2.24) is 26.2 Å². The number of nitrogens with zero attached hydrogens (tertiary/aromatic N) is 3. The van der Waals surface area contributed by atoms with Gasteiger partial charge in [0.25, 0.3) is 0 Å². The van der Waals surface area contributed by atoms with Gasteiger partial charge in [-0.05, 0) is 6.42 Å². The summed E-state index contributed by atoms with van der Waals surface area (Å²) in [6, 6.07) is -0.0198. The molecular formula is C19H32ClN8O2+. The third-order valence-corrected chi connectivity index (χ3v) is 6.81. The average molecular weight is 440 g/mol. The number of fused-ring (bicyclic) bond motifs is 1. The van der Waals surface area contributed by atoms with Gasteiger partial charge in [-0.3, -0.25) is 9.79 Å². The van der Waals surface area contributed by atoms with Crippen molar-refractivity contribution >= 4 is 34.5 Å². The third kappa shape index (κ3) is 4.55. The van der Waals surface area contributed by atoms with Crippen molar-refractivity contribution < 1.29 is 14.5 Å². The van der Waals surface area contributed by atoms with Gasteiger partial charge >= 0.3 is 6.03 Å². The Bertz CT molecular complexity index is 723. The zero-order chi connectivity index (χ0) is 21.1. The van der Waals surface area contributed by atoms with Crippen LogP contribution in [0.4, 0.5) is 4.79 Å². The Kier molecular flexibility index (Phi) is 6.74. The highest BCUT2D eigenvalue weighted by molar-refractivity contribution is 6.83. The van der Waals surface area contributed by atoms with Gasteiger partial charge in [-0.25, -0.2) is 9.79 Å². The second kappa shape index (κ2) is 9.49. The maximum absolute atomic E-state index is 12.5. The molecule has 0 aromatic carbocycles. The zero-order valence-electron chi connectivity index (χ0n) is 17.4. The van der Waals surface area contributed by atoms with E-state index in [0.29, 0.717) is 31.0 Å². The SMILES string of the molecule is CC[C@H]1CN(C2=NC3NC(=O)NCCNC(=O)C3N=C2Cl)CC[NH+]1C1CCNCC1. The molecule has 4 rings (SSSR count). The van der Waals surface area contributed by atoms with Gasteiger partial charge in [-0.1, -0.05) is 18.5 Å². The van der Waals surface area contributed by atoms with Crippen LogP contribution >= 0.6 is 11.6 Å². The van der Waals surface area contributed by atoms with Gasteiger partial charge in [-0.2, -0.15) is 0 Å². The molecule has 0 bridgehead atoms. The van der Waals surface area contributed by atoms with Crippen LogP contribution in [-0.4, -0.2) is 97.9 Å². The Balaban J connectivity index is 1.51. The lowest BCUT2D eigenvalue weighted by Gasteiger charge is -2.44. The molecule has 3 saturated heterocycles. The predicted octanol–water partition coefficient (Wildman–Crippen LogP) is -2.11. The Labute approximate surface area is 181 Å². The van der Waals surface area contributed by atoms with Crippen LogP contribution < -0.4 is 26.2 Å². The minimum atomic E-state index is -0.853. The molecule has 11 heteroatoms. The molecule has 4 aliphatic rings. The van der Waals surface area contributed by atoms with Crippen molar-refractivity contribution in [3.8, 4) is 0 Å². The summed E-state index contributed by atoms with van der Waals surface area (Å²) in [7, 11) is 0. The van der Waals surface area contributed by atoms with E-state index in [1.54, 1.807) is 4.90 Å². The Morgan fingerprint density at radius 1 is 1.13 bits per heavy atom. The summed E-state index contributed by atoms with van der Waals surface area (Å²) in [5.74, 6) is 0.296. The molecule has 0 aromatic heterocycles. The van der Waals surface area contributed by atoms with E-state index in [2.05, 4.69) is 43.1 Å². The minimum Gasteiger partial charge on any atom is -0.352 e. The number of halogens is 1.